The molecule has 0 radical (unpaired) electrons. The maximum atomic E-state index is 11.6. The standard InChI is InChI=1S/C13H20N2O2/c1-9-5-6-10(14)11(7-9)17-8-12(16)15-13(2,3)4/h5-7H,8,14H2,1-4H3,(H,15,16). The van der Waals surface area contributed by atoms with E-state index in [1.807, 2.05) is 39.8 Å². The minimum atomic E-state index is -0.251. The van der Waals surface area contributed by atoms with Crippen LogP contribution in [0.25, 0.3) is 0 Å². The molecule has 0 atom stereocenters. The van der Waals surface area contributed by atoms with E-state index in [9.17, 15) is 4.79 Å². The van der Waals surface area contributed by atoms with Gasteiger partial charge in [0.25, 0.3) is 5.91 Å². The highest BCUT2D eigenvalue weighted by molar-refractivity contribution is 5.78. The first-order valence-electron chi connectivity index (χ1n) is 5.58. The molecule has 0 heterocycles. The second-order valence-electron chi connectivity index (χ2n) is 5.13. The molecule has 0 saturated carbocycles. The molecule has 94 valence electrons. The van der Waals surface area contributed by atoms with Crippen molar-refractivity contribution in [2.24, 2.45) is 0 Å². The van der Waals surface area contributed by atoms with Crippen molar-refractivity contribution in [2.45, 2.75) is 33.2 Å². The third-order valence-corrected chi connectivity index (χ3v) is 2.04. The quantitative estimate of drug-likeness (QED) is 0.787. The molecule has 0 spiro atoms. The molecule has 0 bridgehead atoms. The van der Waals surface area contributed by atoms with Gasteiger partial charge in [-0.1, -0.05) is 6.07 Å². The summed E-state index contributed by atoms with van der Waals surface area (Å²) < 4.78 is 5.39. The number of hydrogen-bond acceptors (Lipinski definition) is 3. The third kappa shape index (κ3) is 4.76. The molecule has 1 rings (SSSR count). The summed E-state index contributed by atoms with van der Waals surface area (Å²) in [5.74, 6) is 0.396. The first kappa shape index (κ1) is 13.4. The van der Waals surface area contributed by atoms with E-state index in [0.717, 1.165) is 5.56 Å². The zero-order valence-corrected chi connectivity index (χ0v) is 10.8. The zero-order chi connectivity index (χ0) is 13.1. The molecule has 0 unspecified atom stereocenters. The van der Waals surface area contributed by atoms with E-state index >= 15 is 0 Å². The number of amides is 1. The van der Waals surface area contributed by atoms with Gasteiger partial charge >= 0.3 is 0 Å². The van der Waals surface area contributed by atoms with Gasteiger partial charge in [0.2, 0.25) is 0 Å². The molecule has 0 aromatic heterocycles. The summed E-state index contributed by atoms with van der Waals surface area (Å²) in [4.78, 5) is 11.6. The second-order valence-corrected chi connectivity index (χ2v) is 5.13. The van der Waals surface area contributed by atoms with Crippen molar-refractivity contribution in [1.82, 2.24) is 5.32 Å². The Kier molecular flexibility index (Phi) is 3.99. The molecule has 1 aromatic rings. The van der Waals surface area contributed by atoms with Crippen molar-refractivity contribution in [3.8, 4) is 5.75 Å². The fraction of sp³-hybridized carbons (Fsp3) is 0.462. The molecule has 1 amide bonds. The highest BCUT2D eigenvalue weighted by Crippen LogP contribution is 2.22. The van der Waals surface area contributed by atoms with Crippen LogP contribution in [0.5, 0.6) is 5.75 Å². The molecule has 0 fully saturated rings. The van der Waals surface area contributed by atoms with Gasteiger partial charge in [0.05, 0.1) is 5.69 Å². The Labute approximate surface area is 102 Å². The lowest BCUT2D eigenvalue weighted by Crippen LogP contribution is -2.43. The molecule has 0 aliphatic carbocycles. The molecule has 0 aliphatic heterocycles. The van der Waals surface area contributed by atoms with Crippen LogP contribution in [-0.4, -0.2) is 18.1 Å². The number of nitrogens with two attached hydrogens (primary N) is 1. The number of rotatable bonds is 3. The monoisotopic (exact) mass is 236 g/mol. The predicted octanol–water partition coefficient (Wildman–Crippen LogP) is 1.87. The van der Waals surface area contributed by atoms with E-state index in [1.54, 1.807) is 6.07 Å². The van der Waals surface area contributed by atoms with Crippen LogP contribution in [0.3, 0.4) is 0 Å². The normalized spacial score (nSPS) is 11.1. The van der Waals surface area contributed by atoms with Crippen LogP contribution < -0.4 is 15.8 Å². The molecule has 0 saturated heterocycles. The number of aryl methyl sites for hydroxylation is 1. The number of anilines is 1. The van der Waals surface area contributed by atoms with Gasteiger partial charge < -0.3 is 15.8 Å². The van der Waals surface area contributed by atoms with Crippen molar-refractivity contribution in [3.63, 3.8) is 0 Å². The van der Waals surface area contributed by atoms with E-state index < -0.39 is 0 Å². The lowest BCUT2D eigenvalue weighted by Gasteiger charge is -2.20. The van der Waals surface area contributed by atoms with E-state index in [0.29, 0.717) is 11.4 Å². The van der Waals surface area contributed by atoms with E-state index in [4.69, 9.17) is 10.5 Å². The molecule has 0 aliphatic rings. The summed E-state index contributed by atoms with van der Waals surface area (Å²) in [6, 6.07) is 5.49. The van der Waals surface area contributed by atoms with Crippen LogP contribution in [-0.2, 0) is 4.79 Å². The summed E-state index contributed by atoms with van der Waals surface area (Å²) in [6.45, 7) is 7.69. The SMILES string of the molecule is Cc1ccc(N)c(OCC(=O)NC(C)(C)C)c1. The van der Waals surface area contributed by atoms with Gasteiger partial charge in [-0.05, 0) is 45.4 Å². The Morgan fingerprint density at radius 2 is 2.06 bits per heavy atom. The molecular formula is C13H20N2O2. The largest absolute Gasteiger partial charge is 0.482 e. The Morgan fingerprint density at radius 1 is 1.41 bits per heavy atom. The zero-order valence-electron chi connectivity index (χ0n) is 10.8. The summed E-state index contributed by atoms with van der Waals surface area (Å²) >= 11 is 0. The number of ether oxygens (including phenoxy) is 1. The first-order chi connectivity index (χ1) is 7.78. The highest BCUT2D eigenvalue weighted by Gasteiger charge is 2.14. The number of nitrogen functional groups attached to an aromatic ring is 1. The van der Waals surface area contributed by atoms with Gasteiger partial charge in [-0.15, -0.1) is 0 Å². The van der Waals surface area contributed by atoms with E-state index in [-0.39, 0.29) is 18.1 Å². The molecule has 4 nitrogen and oxygen atoms in total. The second kappa shape index (κ2) is 5.08. The lowest BCUT2D eigenvalue weighted by atomic mass is 10.1. The van der Waals surface area contributed by atoms with Crippen molar-refractivity contribution < 1.29 is 9.53 Å². The van der Waals surface area contributed by atoms with E-state index in [2.05, 4.69) is 5.32 Å². The van der Waals surface area contributed by atoms with Crippen molar-refractivity contribution >= 4 is 11.6 Å². The van der Waals surface area contributed by atoms with Gasteiger partial charge in [-0.3, -0.25) is 4.79 Å². The Morgan fingerprint density at radius 3 is 2.65 bits per heavy atom. The number of carbonyl (C=O) groups is 1. The average molecular weight is 236 g/mol. The summed E-state index contributed by atoms with van der Waals surface area (Å²) in [5.41, 5.74) is 7.08. The summed E-state index contributed by atoms with van der Waals surface area (Å²) in [6.07, 6.45) is 0. The smallest absolute Gasteiger partial charge is 0.258 e. The maximum absolute atomic E-state index is 11.6. The van der Waals surface area contributed by atoms with Crippen molar-refractivity contribution in [1.29, 1.82) is 0 Å². The van der Waals surface area contributed by atoms with Crippen molar-refractivity contribution in [2.75, 3.05) is 12.3 Å². The maximum Gasteiger partial charge on any atom is 0.258 e. The molecular weight excluding hydrogens is 216 g/mol. The van der Waals surface area contributed by atoms with Crippen LogP contribution in [0.1, 0.15) is 26.3 Å². The molecule has 3 N–H and O–H groups in total. The van der Waals surface area contributed by atoms with Crippen molar-refractivity contribution in [3.05, 3.63) is 23.8 Å². The van der Waals surface area contributed by atoms with Crippen LogP contribution in [0.2, 0.25) is 0 Å². The lowest BCUT2D eigenvalue weighted by molar-refractivity contribution is -0.124. The van der Waals surface area contributed by atoms with Crippen LogP contribution >= 0.6 is 0 Å². The van der Waals surface area contributed by atoms with Gasteiger partial charge in [0, 0.05) is 5.54 Å². The van der Waals surface area contributed by atoms with Gasteiger partial charge in [0.15, 0.2) is 6.61 Å². The minimum Gasteiger partial charge on any atom is -0.482 e. The van der Waals surface area contributed by atoms with Gasteiger partial charge in [-0.25, -0.2) is 0 Å². The number of benzene rings is 1. The Balaban J connectivity index is 2.56. The predicted molar refractivity (Wildman–Crippen MR) is 69.0 cm³/mol. The number of nitrogens with one attached hydrogen (secondary N) is 1. The third-order valence-electron chi connectivity index (χ3n) is 2.04. The number of carbonyl (C=O) groups excluding carboxylic acids is 1. The van der Waals surface area contributed by atoms with Crippen LogP contribution in [0.15, 0.2) is 18.2 Å². The highest BCUT2D eigenvalue weighted by atomic mass is 16.5. The first-order valence-corrected chi connectivity index (χ1v) is 5.58. The van der Waals surface area contributed by atoms with Crippen LogP contribution in [0, 0.1) is 6.92 Å². The average Bonchev–Trinajstić information content (AvgIpc) is 2.17. The molecule has 4 heteroatoms. The Hall–Kier alpha value is -1.71. The van der Waals surface area contributed by atoms with Gasteiger partial charge in [-0.2, -0.15) is 0 Å². The fourth-order valence-corrected chi connectivity index (χ4v) is 1.36. The van der Waals surface area contributed by atoms with E-state index in [1.165, 1.54) is 0 Å². The summed E-state index contributed by atoms with van der Waals surface area (Å²) in [7, 11) is 0. The topological polar surface area (TPSA) is 64.3 Å². The number of hydrogen-bond donors (Lipinski definition) is 2. The Bertz CT molecular complexity index is 408. The molecule has 1 aromatic carbocycles. The minimum absolute atomic E-state index is 0.0229. The van der Waals surface area contributed by atoms with Crippen LogP contribution in [0.4, 0.5) is 5.69 Å². The summed E-state index contributed by atoms with van der Waals surface area (Å²) in [5, 5.41) is 2.82. The molecule has 17 heavy (non-hydrogen) atoms. The van der Waals surface area contributed by atoms with Gasteiger partial charge in [0.1, 0.15) is 5.75 Å². The fourth-order valence-electron chi connectivity index (χ4n) is 1.36.